The molecule has 218 valence electrons. The van der Waals surface area contributed by atoms with Crippen LogP contribution in [-0.2, 0) is 4.57 Å². The molecule has 0 saturated heterocycles. The summed E-state index contributed by atoms with van der Waals surface area (Å²) in [5.41, 5.74) is 2.13. The molecule has 3 nitrogen and oxygen atoms in total. The average molecular weight is 611 g/mol. The van der Waals surface area contributed by atoms with Crippen LogP contribution in [0.25, 0.3) is 43.4 Å². The normalized spacial score (nSPS) is 12.3. The fourth-order valence-electron chi connectivity index (χ4n) is 6.69. The Bertz CT molecular complexity index is 2460. The summed E-state index contributed by atoms with van der Waals surface area (Å²) in [6, 6.07) is 54.9. The number of rotatable bonds is 4. The van der Waals surface area contributed by atoms with E-state index < -0.39 is 7.14 Å². The molecule has 46 heavy (non-hydrogen) atoms. The number of hydrogen-bond acceptors (Lipinski definition) is 3. The number of hydrogen-bond donors (Lipinski definition) is 0. The Morgan fingerprint density at radius 2 is 0.978 bits per heavy atom. The molecular weight excluding hydrogens is 583 g/mol. The first-order valence-electron chi connectivity index (χ1n) is 15.4. The molecule has 0 unspecified atom stereocenters. The van der Waals surface area contributed by atoms with Crippen molar-refractivity contribution in [3.05, 3.63) is 164 Å². The van der Waals surface area contributed by atoms with Crippen molar-refractivity contribution in [1.82, 2.24) is 0 Å². The highest BCUT2D eigenvalue weighted by atomic mass is 31.2. The van der Waals surface area contributed by atoms with E-state index in [0.29, 0.717) is 11.5 Å². The Morgan fingerprint density at radius 3 is 1.74 bits per heavy atom. The maximum atomic E-state index is 15.0. The second kappa shape index (κ2) is 10.5. The lowest BCUT2D eigenvalue weighted by atomic mass is 9.95. The lowest BCUT2D eigenvalue weighted by Crippen LogP contribution is -2.24. The molecule has 9 rings (SSSR count). The van der Waals surface area contributed by atoms with Crippen LogP contribution in [0.4, 0.5) is 0 Å². The largest absolute Gasteiger partial charge is 0.449 e. The fraction of sp³-hybridized carbons (Fsp3) is 0. The molecule has 4 heteroatoms. The third kappa shape index (κ3) is 4.17. The quantitative estimate of drug-likeness (QED) is 0.186. The van der Waals surface area contributed by atoms with Crippen LogP contribution in [0.2, 0.25) is 0 Å². The number of benzene rings is 8. The van der Waals surface area contributed by atoms with E-state index in [9.17, 15) is 4.57 Å². The third-order valence-electron chi connectivity index (χ3n) is 8.97. The Labute approximate surface area is 266 Å². The van der Waals surface area contributed by atoms with Gasteiger partial charge in [-0.1, -0.05) is 140 Å². The summed E-state index contributed by atoms with van der Waals surface area (Å²) in [5.74, 6) is 2.87. The van der Waals surface area contributed by atoms with Crippen molar-refractivity contribution >= 4 is 55.4 Å². The lowest BCUT2D eigenvalue weighted by Gasteiger charge is -2.24. The van der Waals surface area contributed by atoms with Gasteiger partial charge in [-0.25, -0.2) is 0 Å². The van der Waals surface area contributed by atoms with Gasteiger partial charge in [0, 0.05) is 26.7 Å². The van der Waals surface area contributed by atoms with Crippen molar-refractivity contribution in [2.75, 3.05) is 0 Å². The van der Waals surface area contributed by atoms with Gasteiger partial charge in [0.15, 0.2) is 30.1 Å². The van der Waals surface area contributed by atoms with Crippen molar-refractivity contribution in [3.63, 3.8) is 0 Å². The zero-order valence-electron chi connectivity index (χ0n) is 24.8. The van der Waals surface area contributed by atoms with Gasteiger partial charge in [-0.3, -0.25) is 0 Å². The van der Waals surface area contributed by atoms with Gasteiger partial charge in [0.1, 0.15) is 0 Å². The van der Waals surface area contributed by atoms with Gasteiger partial charge in [0.2, 0.25) is 0 Å². The van der Waals surface area contributed by atoms with E-state index in [1.165, 1.54) is 0 Å². The van der Waals surface area contributed by atoms with Crippen LogP contribution in [0.1, 0.15) is 0 Å². The van der Waals surface area contributed by atoms with Crippen LogP contribution in [-0.4, -0.2) is 0 Å². The first kappa shape index (κ1) is 26.7. The first-order chi connectivity index (χ1) is 22.7. The molecule has 0 saturated carbocycles. The molecule has 8 aromatic carbocycles. The van der Waals surface area contributed by atoms with E-state index >= 15 is 0 Å². The zero-order chi connectivity index (χ0) is 30.7. The van der Waals surface area contributed by atoms with Crippen LogP contribution in [0, 0.1) is 0 Å². The minimum absolute atomic E-state index is 0.693. The van der Waals surface area contributed by atoms with E-state index in [0.717, 1.165) is 70.9 Å². The van der Waals surface area contributed by atoms with Gasteiger partial charge in [0.05, 0.1) is 0 Å². The molecule has 0 N–H and O–H groups in total. The standard InChI is InChI=1S/C42H27O3P/c43-46(32-12-3-1-4-13-32,33-14-5-2-6-15-33)34-23-21-29-25-31(20-19-30(29)26-34)38-27-40-42(37-18-10-9-17-36(37)38)45-41-35-16-8-7-11-28(35)22-24-39(41)44-40/h1-27H. The fourth-order valence-corrected chi connectivity index (χ4v) is 9.38. The summed E-state index contributed by atoms with van der Waals surface area (Å²) in [7, 11) is -3.07. The van der Waals surface area contributed by atoms with Gasteiger partial charge in [0.25, 0.3) is 0 Å². The Morgan fingerprint density at radius 1 is 0.391 bits per heavy atom. The van der Waals surface area contributed by atoms with Crippen LogP contribution in [0.15, 0.2) is 164 Å². The van der Waals surface area contributed by atoms with Gasteiger partial charge in [-0.15, -0.1) is 0 Å². The second-order valence-corrected chi connectivity index (χ2v) is 14.4. The van der Waals surface area contributed by atoms with E-state index in [1.807, 2.05) is 91.0 Å². The molecule has 0 atom stereocenters. The molecule has 0 amide bonds. The molecule has 8 aromatic rings. The van der Waals surface area contributed by atoms with Gasteiger partial charge >= 0.3 is 0 Å². The molecule has 1 aliphatic heterocycles. The Balaban J connectivity index is 1.16. The average Bonchev–Trinajstić information content (AvgIpc) is 3.13. The molecule has 0 bridgehead atoms. The summed E-state index contributed by atoms with van der Waals surface area (Å²) in [5, 5.41) is 8.80. The SMILES string of the molecule is O=P(c1ccccc1)(c1ccccc1)c1ccc2cc(-c3cc4c(c5ccccc35)Oc3c(ccc5ccccc35)O4)ccc2c1. The van der Waals surface area contributed by atoms with Crippen molar-refractivity contribution in [1.29, 1.82) is 0 Å². The van der Waals surface area contributed by atoms with Crippen molar-refractivity contribution in [2.45, 2.75) is 0 Å². The Hall–Kier alpha value is -5.63. The van der Waals surface area contributed by atoms with E-state index in [4.69, 9.17) is 9.47 Å². The smallest absolute Gasteiger partial charge is 0.178 e. The maximum Gasteiger partial charge on any atom is 0.178 e. The van der Waals surface area contributed by atoms with Crippen LogP contribution >= 0.6 is 7.14 Å². The minimum Gasteiger partial charge on any atom is -0.449 e. The van der Waals surface area contributed by atoms with Crippen molar-refractivity contribution < 1.29 is 14.0 Å². The predicted octanol–water partition coefficient (Wildman–Crippen LogP) is 10.4. The summed E-state index contributed by atoms with van der Waals surface area (Å²) in [4.78, 5) is 0. The zero-order valence-corrected chi connectivity index (χ0v) is 25.7. The highest BCUT2D eigenvalue weighted by Crippen LogP contribution is 2.53. The first-order valence-corrected chi connectivity index (χ1v) is 17.1. The van der Waals surface area contributed by atoms with Gasteiger partial charge in [-0.2, -0.15) is 0 Å². The highest BCUT2D eigenvalue weighted by molar-refractivity contribution is 7.85. The van der Waals surface area contributed by atoms with Crippen LogP contribution < -0.4 is 25.4 Å². The molecule has 0 aromatic heterocycles. The van der Waals surface area contributed by atoms with Crippen LogP contribution in [0.5, 0.6) is 23.0 Å². The summed E-state index contributed by atoms with van der Waals surface area (Å²) < 4.78 is 28.1. The van der Waals surface area contributed by atoms with E-state index in [1.54, 1.807) is 0 Å². The summed E-state index contributed by atoms with van der Waals surface area (Å²) >= 11 is 0. The van der Waals surface area contributed by atoms with Gasteiger partial charge in [-0.05, 0) is 56.9 Å². The summed E-state index contributed by atoms with van der Waals surface area (Å²) in [6.45, 7) is 0. The van der Waals surface area contributed by atoms with Crippen molar-refractivity contribution in [3.8, 4) is 34.1 Å². The molecule has 1 aliphatic rings. The topological polar surface area (TPSA) is 35.5 Å². The summed E-state index contributed by atoms with van der Waals surface area (Å²) in [6.07, 6.45) is 0. The van der Waals surface area contributed by atoms with E-state index in [2.05, 4.69) is 72.8 Å². The highest BCUT2D eigenvalue weighted by Gasteiger charge is 2.30. The molecule has 1 heterocycles. The molecule has 0 fully saturated rings. The number of ether oxygens (including phenoxy) is 2. The molecule has 0 spiro atoms. The predicted molar refractivity (Wildman–Crippen MR) is 190 cm³/mol. The minimum atomic E-state index is -3.07. The molecule has 0 aliphatic carbocycles. The lowest BCUT2D eigenvalue weighted by molar-refractivity contribution is 0.367. The third-order valence-corrected chi connectivity index (χ3v) is 12.0. The van der Waals surface area contributed by atoms with E-state index in [-0.39, 0.29) is 0 Å². The van der Waals surface area contributed by atoms with Crippen LogP contribution in [0.3, 0.4) is 0 Å². The second-order valence-electron chi connectivity index (χ2n) is 11.6. The maximum absolute atomic E-state index is 15.0. The van der Waals surface area contributed by atoms with Crippen molar-refractivity contribution in [2.24, 2.45) is 0 Å². The Kier molecular flexibility index (Phi) is 6.09. The molecular formula is C42H27O3P. The van der Waals surface area contributed by atoms with Gasteiger partial charge < -0.3 is 14.0 Å². The monoisotopic (exact) mass is 610 g/mol. The number of fused-ring (bicyclic) bond motifs is 7. The molecule has 0 radical (unpaired) electrons.